The highest BCUT2D eigenvalue weighted by atomic mass is 32.2. The zero-order valence-corrected chi connectivity index (χ0v) is 18.5. The van der Waals surface area contributed by atoms with Crippen LogP contribution in [0.3, 0.4) is 0 Å². The van der Waals surface area contributed by atoms with E-state index < -0.39 is 24.2 Å². The smallest absolute Gasteiger partial charge is 0.331 e. The number of aryl methyl sites for hydroxylation is 1. The lowest BCUT2D eigenvalue weighted by Gasteiger charge is -2.10. The Morgan fingerprint density at radius 2 is 1.85 bits per heavy atom. The molecule has 0 aliphatic carbocycles. The first-order chi connectivity index (χ1) is 15.7. The van der Waals surface area contributed by atoms with Gasteiger partial charge in [0.05, 0.1) is 17.1 Å². The number of hydrogen-bond acceptors (Lipinski definition) is 5. The number of amides is 1. The predicted molar refractivity (Wildman–Crippen MR) is 120 cm³/mol. The van der Waals surface area contributed by atoms with Crippen molar-refractivity contribution in [1.82, 2.24) is 9.78 Å². The Morgan fingerprint density at radius 1 is 1.15 bits per heavy atom. The summed E-state index contributed by atoms with van der Waals surface area (Å²) < 4.78 is 45.0. The molecule has 0 unspecified atom stereocenters. The van der Waals surface area contributed by atoms with Gasteiger partial charge in [-0.05, 0) is 56.3 Å². The van der Waals surface area contributed by atoms with Crippen LogP contribution in [0.5, 0.6) is 0 Å². The molecular weight excluding hydrogens is 455 g/mol. The molecule has 1 heterocycles. The summed E-state index contributed by atoms with van der Waals surface area (Å²) in [5.41, 5.74) is 2.93. The molecule has 1 N–H and O–H groups in total. The van der Waals surface area contributed by atoms with Crippen LogP contribution in [0.4, 0.5) is 18.9 Å². The Hall–Kier alpha value is -3.53. The highest BCUT2D eigenvalue weighted by molar-refractivity contribution is 7.99. The molecule has 0 aliphatic rings. The molecule has 0 atom stereocenters. The minimum atomic E-state index is -2.63. The van der Waals surface area contributed by atoms with Gasteiger partial charge in [-0.2, -0.15) is 13.9 Å². The summed E-state index contributed by atoms with van der Waals surface area (Å²) in [5.74, 6) is -4.40. The molecule has 0 fully saturated rings. The van der Waals surface area contributed by atoms with Gasteiger partial charge in [0.25, 0.3) is 11.7 Å². The first-order valence-corrected chi connectivity index (χ1v) is 10.6. The van der Waals surface area contributed by atoms with Gasteiger partial charge in [-0.25, -0.2) is 13.9 Å². The van der Waals surface area contributed by atoms with Crippen LogP contribution in [-0.2, 0) is 14.3 Å². The van der Waals surface area contributed by atoms with Crippen molar-refractivity contribution >= 4 is 35.4 Å². The Labute approximate surface area is 192 Å². The van der Waals surface area contributed by atoms with Crippen molar-refractivity contribution in [3.8, 4) is 5.69 Å². The largest absolute Gasteiger partial charge is 0.452 e. The number of nitrogens with one attached hydrogen (secondary N) is 1. The van der Waals surface area contributed by atoms with E-state index in [0.717, 1.165) is 5.69 Å². The average Bonchev–Trinajstić information content (AvgIpc) is 3.05. The van der Waals surface area contributed by atoms with Crippen molar-refractivity contribution in [3.63, 3.8) is 0 Å². The second-order valence-electron chi connectivity index (χ2n) is 6.84. The zero-order valence-electron chi connectivity index (χ0n) is 17.7. The van der Waals surface area contributed by atoms with Gasteiger partial charge in [0.1, 0.15) is 5.82 Å². The fraction of sp³-hybridized carbons (Fsp3) is 0.174. The van der Waals surface area contributed by atoms with Crippen LogP contribution < -0.4 is 5.32 Å². The van der Waals surface area contributed by atoms with E-state index in [0.29, 0.717) is 28.7 Å². The molecule has 0 radical (unpaired) electrons. The van der Waals surface area contributed by atoms with Gasteiger partial charge >= 0.3 is 5.97 Å². The summed E-state index contributed by atoms with van der Waals surface area (Å²) in [7, 11) is 0. The Morgan fingerprint density at radius 3 is 2.55 bits per heavy atom. The molecule has 0 spiro atoms. The van der Waals surface area contributed by atoms with E-state index in [1.165, 1.54) is 36.4 Å². The number of esters is 1. The third-order valence-corrected chi connectivity index (χ3v) is 5.32. The van der Waals surface area contributed by atoms with Crippen LogP contribution in [0.25, 0.3) is 11.8 Å². The summed E-state index contributed by atoms with van der Waals surface area (Å²) >= 11 is 0.307. The van der Waals surface area contributed by atoms with E-state index in [1.54, 1.807) is 42.8 Å². The van der Waals surface area contributed by atoms with Crippen molar-refractivity contribution in [2.24, 2.45) is 0 Å². The summed E-state index contributed by atoms with van der Waals surface area (Å²) in [6, 6.07) is 11.9. The molecule has 1 amide bonds. The van der Waals surface area contributed by atoms with E-state index in [-0.39, 0.29) is 16.4 Å². The normalized spacial score (nSPS) is 11.2. The lowest BCUT2D eigenvalue weighted by atomic mass is 10.2. The van der Waals surface area contributed by atoms with E-state index in [9.17, 15) is 22.8 Å². The highest BCUT2D eigenvalue weighted by Gasteiger charge is 2.14. The number of aromatic nitrogens is 2. The molecule has 33 heavy (non-hydrogen) atoms. The third kappa shape index (κ3) is 6.48. The predicted octanol–water partition coefficient (Wildman–Crippen LogP) is 5.14. The molecule has 10 heteroatoms. The second-order valence-corrected chi connectivity index (χ2v) is 7.87. The van der Waals surface area contributed by atoms with E-state index in [4.69, 9.17) is 4.74 Å². The van der Waals surface area contributed by atoms with Crippen molar-refractivity contribution in [3.05, 3.63) is 77.4 Å². The van der Waals surface area contributed by atoms with Crippen molar-refractivity contribution in [2.45, 2.75) is 24.5 Å². The molecule has 0 aliphatic heterocycles. The minimum absolute atomic E-state index is 0.205. The lowest BCUT2D eigenvalue weighted by molar-refractivity contribution is -0.142. The molecule has 0 saturated heterocycles. The van der Waals surface area contributed by atoms with E-state index in [1.807, 2.05) is 0 Å². The number of nitrogens with zero attached hydrogens (tertiary/aromatic N) is 2. The van der Waals surface area contributed by atoms with Gasteiger partial charge in [-0.1, -0.05) is 23.9 Å². The average molecular weight is 475 g/mol. The molecule has 3 rings (SSSR count). The second kappa shape index (κ2) is 10.9. The third-order valence-electron chi connectivity index (χ3n) is 4.53. The van der Waals surface area contributed by atoms with Gasteiger partial charge in [-0.15, -0.1) is 0 Å². The summed E-state index contributed by atoms with van der Waals surface area (Å²) in [5, 5.41) is 6.86. The SMILES string of the molecule is Cc1nn(-c2ccc(F)cc2)c(C)c1/C=C\C(=O)OCC(=O)Nc1ccccc1SC(F)F. The van der Waals surface area contributed by atoms with Gasteiger partial charge in [-0.3, -0.25) is 4.79 Å². The standard InChI is InChI=1S/C23H20F3N3O3S/c1-14-18(15(2)29(28-14)17-9-7-16(24)8-10-17)11-12-22(31)32-13-21(30)27-19-5-3-4-6-20(19)33-23(25)26/h3-12,23H,13H2,1-2H3,(H,27,30)/b12-11-. The van der Waals surface area contributed by atoms with E-state index in [2.05, 4.69) is 10.4 Å². The van der Waals surface area contributed by atoms with E-state index >= 15 is 0 Å². The van der Waals surface area contributed by atoms with Gasteiger partial charge in [0.15, 0.2) is 6.61 Å². The fourth-order valence-electron chi connectivity index (χ4n) is 3.02. The number of ether oxygens (including phenoxy) is 1. The zero-order chi connectivity index (χ0) is 24.0. The number of thioether (sulfide) groups is 1. The summed E-state index contributed by atoms with van der Waals surface area (Å²) in [6.07, 6.45) is 2.69. The van der Waals surface area contributed by atoms with Crippen molar-refractivity contribution < 1.29 is 27.5 Å². The minimum Gasteiger partial charge on any atom is -0.452 e. The Bertz CT molecular complexity index is 1180. The summed E-state index contributed by atoms with van der Waals surface area (Å²) in [6.45, 7) is 2.99. The van der Waals surface area contributed by atoms with Crippen LogP contribution in [0.1, 0.15) is 17.0 Å². The Balaban J connectivity index is 1.60. The first-order valence-electron chi connectivity index (χ1n) is 9.75. The molecule has 0 bridgehead atoms. The monoisotopic (exact) mass is 475 g/mol. The lowest BCUT2D eigenvalue weighted by Crippen LogP contribution is -2.20. The van der Waals surface area contributed by atoms with Crippen LogP contribution in [-0.4, -0.2) is 34.0 Å². The first kappa shape index (κ1) is 24.1. The summed E-state index contributed by atoms with van der Waals surface area (Å²) in [4.78, 5) is 24.3. The quantitative estimate of drug-likeness (QED) is 0.278. The van der Waals surface area contributed by atoms with Crippen molar-refractivity contribution in [1.29, 1.82) is 0 Å². The van der Waals surface area contributed by atoms with Crippen LogP contribution >= 0.6 is 11.8 Å². The molecule has 2 aromatic carbocycles. The van der Waals surface area contributed by atoms with Gasteiger partial charge < -0.3 is 10.1 Å². The number of rotatable bonds is 8. The number of anilines is 1. The highest BCUT2D eigenvalue weighted by Crippen LogP contribution is 2.31. The van der Waals surface area contributed by atoms with Crippen LogP contribution in [0.2, 0.25) is 0 Å². The molecule has 3 aromatic rings. The maximum atomic E-state index is 13.2. The topological polar surface area (TPSA) is 73.2 Å². The maximum Gasteiger partial charge on any atom is 0.331 e. The molecule has 1 aromatic heterocycles. The fourth-order valence-corrected chi connectivity index (χ4v) is 3.62. The molecule has 172 valence electrons. The van der Waals surface area contributed by atoms with Crippen molar-refractivity contribution in [2.75, 3.05) is 11.9 Å². The number of carbonyl (C=O) groups is 2. The van der Waals surface area contributed by atoms with Crippen LogP contribution in [0.15, 0.2) is 59.5 Å². The van der Waals surface area contributed by atoms with Gasteiger partial charge in [0, 0.05) is 22.2 Å². The Kier molecular flexibility index (Phi) is 7.94. The molecule has 6 nitrogen and oxygen atoms in total. The number of halogens is 3. The van der Waals surface area contributed by atoms with Crippen LogP contribution in [0, 0.1) is 19.7 Å². The number of carbonyl (C=O) groups excluding carboxylic acids is 2. The number of alkyl halides is 2. The molecular formula is C23H20F3N3O3S. The number of hydrogen-bond donors (Lipinski definition) is 1. The van der Waals surface area contributed by atoms with Gasteiger partial charge in [0.2, 0.25) is 0 Å². The number of benzene rings is 2. The maximum absolute atomic E-state index is 13.2. The molecule has 0 saturated carbocycles. The number of para-hydroxylation sites is 1.